The molecule has 0 radical (unpaired) electrons. The minimum Gasteiger partial charge on any atom is -0.491 e. The van der Waals surface area contributed by atoms with Crippen LogP contribution in [0.4, 0.5) is 0 Å². The number of carbonyl (C=O) groups is 2. The van der Waals surface area contributed by atoms with E-state index in [1.807, 2.05) is 45.0 Å². The number of ether oxygens (including phenoxy) is 2. The predicted molar refractivity (Wildman–Crippen MR) is 109 cm³/mol. The number of hydrogen-bond acceptors (Lipinski definition) is 4. The molecule has 0 aliphatic heterocycles. The first-order valence-electron chi connectivity index (χ1n) is 9.26. The Balaban J connectivity index is 2.02. The van der Waals surface area contributed by atoms with Crippen molar-refractivity contribution in [3.05, 3.63) is 59.7 Å². The van der Waals surface area contributed by atoms with E-state index in [2.05, 4.69) is 5.32 Å². The Bertz CT molecular complexity index is 818. The van der Waals surface area contributed by atoms with E-state index >= 15 is 0 Å². The molecule has 1 N–H and O–H groups in total. The fourth-order valence-electron chi connectivity index (χ4n) is 2.49. The largest absolute Gasteiger partial charge is 0.491 e. The normalized spacial score (nSPS) is 11.6. The van der Waals surface area contributed by atoms with E-state index in [0.29, 0.717) is 11.3 Å². The lowest BCUT2D eigenvalue weighted by atomic mass is 10.1. The van der Waals surface area contributed by atoms with Gasteiger partial charge in [0.05, 0.1) is 12.1 Å². The molecule has 1 atom stereocenters. The van der Waals surface area contributed by atoms with Crippen molar-refractivity contribution >= 4 is 11.8 Å². The Kier molecular flexibility index (Phi) is 7.44. The van der Waals surface area contributed by atoms with Gasteiger partial charge in [0.1, 0.15) is 11.5 Å². The summed E-state index contributed by atoms with van der Waals surface area (Å²) in [7, 11) is 3.33. The number of benzene rings is 2. The molecule has 0 fully saturated rings. The van der Waals surface area contributed by atoms with E-state index in [1.165, 1.54) is 4.90 Å². The second-order valence-corrected chi connectivity index (χ2v) is 7.04. The summed E-state index contributed by atoms with van der Waals surface area (Å²) in [5.74, 6) is 0.886. The Labute approximate surface area is 166 Å². The van der Waals surface area contributed by atoms with Gasteiger partial charge in [0.2, 0.25) is 0 Å². The van der Waals surface area contributed by atoms with Crippen LogP contribution in [0.3, 0.4) is 0 Å². The zero-order valence-electron chi connectivity index (χ0n) is 17.1. The summed E-state index contributed by atoms with van der Waals surface area (Å²) in [6, 6.07) is 14.3. The smallest absolute Gasteiger partial charge is 0.259 e. The Morgan fingerprint density at radius 1 is 1.00 bits per heavy atom. The minimum atomic E-state index is -0.216. The van der Waals surface area contributed by atoms with Gasteiger partial charge in [0.25, 0.3) is 11.8 Å². The van der Waals surface area contributed by atoms with Gasteiger partial charge in [-0.05, 0) is 56.7 Å². The maximum atomic E-state index is 12.6. The van der Waals surface area contributed by atoms with E-state index in [0.717, 1.165) is 11.3 Å². The zero-order chi connectivity index (χ0) is 20.7. The molecule has 6 heteroatoms. The van der Waals surface area contributed by atoms with Crippen molar-refractivity contribution in [3.63, 3.8) is 0 Å². The quantitative estimate of drug-likeness (QED) is 0.757. The highest BCUT2D eigenvalue weighted by Gasteiger charge is 2.13. The fourth-order valence-corrected chi connectivity index (χ4v) is 2.49. The molecule has 0 heterocycles. The Hall–Kier alpha value is -3.02. The third-order valence-corrected chi connectivity index (χ3v) is 4.03. The van der Waals surface area contributed by atoms with E-state index in [1.54, 1.807) is 38.4 Å². The monoisotopic (exact) mass is 384 g/mol. The summed E-state index contributed by atoms with van der Waals surface area (Å²) in [4.78, 5) is 25.7. The molecule has 28 heavy (non-hydrogen) atoms. The molecule has 0 spiro atoms. The summed E-state index contributed by atoms with van der Waals surface area (Å²) in [5.41, 5.74) is 1.42. The van der Waals surface area contributed by atoms with Gasteiger partial charge in [-0.1, -0.05) is 18.2 Å². The van der Waals surface area contributed by atoms with Gasteiger partial charge in [-0.2, -0.15) is 0 Å². The molecule has 0 saturated heterocycles. The molecule has 150 valence electrons. The van der Waals surface area contributed by atoms with Crippen molar-refractivity contribution in [1.29, 1.82) is 0 Å². The van der Waals surface area contributed by atoms with E-state index in [9.17, 15) is 9.59 Å². The van der Waals surface area contributed by atoms with Crippen LogP contribution in [0.15, 0.2) is 48.5 Å². The van der Waals surface area contributed by atoms with Crippen LogP contribution in [-0.4, -0.2) is 43.5 Å². The minimum absolute atomic E-state index is 0.0723. The molecular weight excluding hydrogens is 356 g/mol. The topological polar surface area (TPSA) is 67.9 Å². The first-order chi connectivity index (χ1) is 13.3. The van der Waals surface area contributed by atoms with Crippen LogP contribution in [0.5, 0.6) is 11.5 Å². The summed E-state index contributed by atoms with van der Waals surface area (Å²) in [6.45, 7) is 5.79. The Morgan fingerprint density at radius 3 is 2.36 bits per heavy atom. The highest BCUT2D eigenvalue weighted by Crippen LogP contribution is 2.21. The molecule has 0 saturated carbocycles. The van der Waals surface area contributed by atoms with Crippen LogP contribution in [0.1, 0.15) is 42.7 Å². The van der Waals surface area contributed by atoms with Gasteiger partial charge >= 0.3 is 0 Å². The van der Waals surface area contributed by atoms with Crippen molar-refractivity contribution in [2.75, 3.05) is 20.7 Å². The summed E-state index contributed by atoms with van der Waals surface area (Å²) in [5, 5.41) is 2.98. The molecule has 6 nitrogen and oxygen atoms in total. The van der Waals surface area contributed by atoms with E-state index < -0.39 is 0 Å². The van der Waals surface area contributed by atoms with Gasteiger partial charge < -0.3 is 19.7 Å². The second kappa shape index (κ2) is 9.78. The third-order valence-electron chi connectivity index (χ3n) is 4.03. The zero-order valence-corrected chi connectivity index (χ0v) is 17.1. The number of rotatable bonds is 8. The lowest BCUT2D eigenvalue weighted by Crippen LogP contribution is -2.28. The molecule has 0 aromatic heterocycles. The summed E-state index contributed by atoms with van der Waals surface area (Å²) in [6.07, 6.45) is 0.0854. The first-order valence-corrected chi connectivity index (χ1v) is 9.26. The average Bonchev–Trinajstić information content (AvgIpc) is 2.65. The maximum absolute atomic E-state index is 12.6. The van der Waals surface area contributed by atoms with Gasteiger partial charge in [-0.25, -0.2) is 0 Å². The number of nitrogens with zero attached hydrogens (tertiary/aromatic N) is 1. The predicted octanol–water partition coefficient (Wildman–Crippen LogP) is 3.43. The van der Waals surface area contributed by atoms with Crippen molar-refractivity contribution < 1.29 is 19.1 Å². The van der Waals surface area contributed by atoms with Gasteiger partial charge in [0.15, 0.2) is 6.61 Å². The van der Waals surface area contributed by atoms with Gasteiger partial charge in [0, 0.05) is 19.7 Å². The van der Waals surface area contributed by atoms with Gasteiger partial charge in [-0.15, -0.1) is 0 Å². The molecule has 0 bridgehead atoms. The molecule has 2 amide bonds. The highest BCUT2D eigenvalue weighted by atomic mass is 16.5. The van der Waals surface area contributed by atoms with Crippen LogP contribution < -0.4 is 14.8 Å². The molecule has 2 rings (SSSR count). The molecule has 2 aromatic carbocycles. The first kappa shape index (κ1) is 21.3. The summed E-state index contributed by atoms with van der Waals surface area (Å²) < 4.78 is 11.2. The Morgan fingerprint density at radius 2 is 1.68 bits per heavy atom. The molecule has 0 aliphatic carbocycles. The highest BCUT2D eigenvalue weighted by molar-refractivity contribution is 5.94. The molecule has 2 aromatic rings. The number of nitrogens with one attached hydrogen (secondary N) is 1. The van der Waals surface area contributed by atoms with Crippen molar-refractivity contribution in [2.24, 2.45) is 0 Å². The van der Waals surface area contributed by atoms with Crippen molar-refractivity contribution in [3.8, 4) is 11.5 Å². The van der Waals surface area contributed by atoms with Crippen LogP contribution in [-0.2, 0) is 4.79 Å². The van der Waals surface area contributed by atoms with E-state index in [4.69, 9.17) is 9.47 Å². The maximum Gasteiger partial charge on any atom is 0.259 e. The van der Waals surface area contributed by atoms with Crippen LogP contribution >= 0.6 is 0 Å². The molecular formula is C22H28N2O4. The fraction of sp³-hybridized carbons (Fsp3) is 0.364. The molecule has 1 unspecified atom stereocenters. The number of hydrogen-bond donors (Lipinski definition) is 1. The standard InChI is InChI=1S/C22H28N2O4/c1-15(2)28-20-11-6-8-17(12-20)16(3)23-22(26)18-9-7-10-19(13-18)27-14-21(25)24(4)5/h6-13,15-16H,14H2,1-5H3,(H,23,26). The van der Waals surface area contributed by atoms with Crippen LogP contribution in [0, 0.1) is 0 Å². The number of carbonyl (C=O) groups excluding carboxylic acids is 2. The average molecular weight is 384 g/mol. The van der Waals surface area contributed by atoms with Crippen molar-refractivity contribution in [2.45, 2.75) is 32.9 Å². The van der Waals surface area contributed by atoms with E-state index in [-0.39, 0.29) is 30.6 Å². The molecule has 0 aliphatic rings. The lowest BCUT2D eigenvalue weighted by molar-refractivity contribution is -0.130. The lowest BCUT2D eigenvalue weighted by Gasteiger charge is -2.17. The van der Waals surface area contributed by atoms with Crippen molar-refractivity contribution in [1.82, 2.24) is 10.2 Å². The second-order valence-electron chi connectivity index (χ2n) is 7.04. The number of amides is 2. The SMILES string of the molecule is CC(C)Oc1cccc(C(C)NC(=O)c2cccc(OCC(=O)N(C)C)c2)c1. The summed E-state index contributed by atoms with van der Waals surface area (Å²) >= 11 is 0. The number of likely N-dealkylation sites (N-methyl/N-ethyl adjacent to an activating group) is 1. The van der Waals surface area contributed by atoms with Crippen LogP contribution in [0.2, 0.25) is 0 Å². The third kappa shape index (κ3) is 6.30. The van der Waals surface area contributed by atoms with Crippen LogP contribution in [0.25, 0.3) is 0 Å². The van der Waals surface area contributed by atoms with Gasteiger partial charge in [-0.3, -0.25) is 9.59 Å².